The summed E-state index contributed by atoms with van der Waals surface area (Å²) in [4.78, 5) is 33.7. The van der Waals surface area contributed by atoms with Crippen molar-refractivity contribution >= 4 is 17.9 Å². The van der Waals surface area contributed by atoms with Gasteiger partial charge in [0.2, 0.25) is 0 Å². The van der Waals surface area contributed by atoms with Gasteiger partial charge in [-0.3, -0.25) is 4.79 Å². The fourth-order valence-corrected chi connectivity index (χ4v) is 1.94. The average Bonchev–Trinajstić information content (AvgIpc) is 2.45. The molecule has 0 saturated carbocycles. The molecule has 0 aliphatic rings. The van der Waals surface area contributed by atoms with E-state index in [0.29, 0.717) is 12.1 Å². The van der Waals surface area contributed by atoms with Crippen LogP contribution in [0.2, 0.25) is 0 Å². The normalized spacial score (nSPS) is 10.9. The van der Waals surface area contributed by atoms with Gasteiger partial charge in [-0.2, -0.15) is 13.2 Å². The van der Waals surface area contributed by atoms with E-state index < -0.39 is 59.6 Å². The van der Waals surface area contributed by atoms with Crippen LogP contribution in [0.5, 0.6) is 5.75 Å². The molecule has 1 N–H and O–H groups in total. The van der Waals surface area contributed by atoms with Crippen LogP contribution in [-0.4, -0.2) is 29.6 Å². The molecule has 0 amide bonds. The number of hydrogen-bond acceptors (Lipinski definition) is 5. The molecule has 0 radical (unpaired) electrons. The number of benzene rings is 1. The molecule has 1 aromatic rings. The first-order valence-electron chi connectivity index (χ1n) is 6.92. The van der Waals surface area contributed by atoms with Gasteiger partial charge in [0.1, 0.15) is 11.3 Å². The molecule has 0 aliphatic carbocycles. The summed E-state index contributed by atoms with van der Waals surface area (Å²) < 4.78 is 49.1. The van der Waals surface area contributed by atoms with Gasteiger partial charge < -0.3 is 14.6 Å². The minimum Gasteiger partial charge on any atom is -0.478 e. The van der Waals surface area contributed by atoms with Crippen molar-refractivity contribution in [2.24, 2.45) is 0 Å². The molecule has 0 heterocycles. The highest BCUT2D eigenvalue weighted by atomic mass is 19.4. The largest absolute Gasteiger partial charge is 0.478 e. The van der Waals surface area contributed by atoms with Crippen molar-refractivity contribution in [2.45, 2.75) is 26.4 Å². The molecule has 136 valence electrons. The van der Waals surface area contributed by atoms with Gasteiger partial charge in [0.15, 0.2) is 0 Å². The summed E-state index contributed by atoms with van der Waals surface area (Å²) in [5.41, 5.74) is -2.32. The van der Waals surface area contributed by atoms with Crippen molar-refractivity contribution in [1.82, 2.24) is 0 Å². The summed E-state index contributed by atoms with van der Waals surface area (Å²) >= 11 is 0. The Morgan fingerprint density at radius 2 is 1.80 bits per heavy atom. The van der Waals surface area contributed by atoms with Crippen molar-refractivity contribution in [3.63, 3.8) is 0 Å². The Morgan fingerprint density at radius 3 is 2.24 bits per heavy atom. The summed E-state index contributed by atoms with van der Waals surface area (Å²) in [6.07, 6.45) is -5.32. The monoisotopic (exact) mass is 360 g/mol. The zero-order valence-electron chi connectivity index (χ0n) is 13.4. The molecule has 0 aliphatic heterocycles. The Labute approximate surface area is 140 Å². The van der Waals surface area contributed by atoms with Gasteiger partial charge in [0.05, 0.1) is 12.2 Å². The number of alkyl halides is 3. The number of carbonyl (C=O) groups is 3. The smallest absolute Gasteiger partial charge is 0.416 e. The number of hydrogen-bond donors (Lipinski definition) is 1. The molecule has 0 unspecified atom stereocenters. The Kier molecular flexibility index (Phi) is 6.32. The predicted octanol–water partition coefficient (Wildman–Crippen LogP) is 2.99. The zero-order valence-corrected chi connectivity index (χ0v) is 13.4. The van der Waals surface area contributed by atoms with Crippen LogP contribution in [0.25, 0.3) is 0 Å². The molecule has 0 fully saturated rings. The number of rotatable bonds is 6. The molecule has 0 aromatic heterocycles. The van der Waals surface area contributed by atoms with E-state index in [1.165, 1.54) is 6.92 Å². The lowest BCUT2D eigenvalue weighted by atomic mass is 9.99. The van der Waals surface area contributed by atoms with Crippen LogP contribution in [0.3, 0.4) is 0 Å². The number of ether oxygens (including phenoxy) is 2. The van der Waals surface area contributed by atoms with Gasteiger partial charge in [-0.1, -0.05) is 6.58 Å². The molecule has 1 rings (SSSR count). The number of esters is 2. The quantitative estimate of drug-likeness (QED) is 0.477. The van der Waals surface area contributed by atoms with Gasteiger partial charge in [-0.25, -0.2) is 9.59 Å². The van der Waals surface area contributed by atoms with Crippen LogP contribution < -0.4 is 4.74 Å². The predicted molar refractivity (Wildman–Crippen MR) is 79.2 cm³/mol. The zero-order chi connectivity index (χ0) is 19.4. The van der Waals surface area contributed by atoms with Crippen molar-refractivity contribution in [1.29, 1.82) is 0 Å². The van der Waals surface area contributed by atoms with Crippen LogP contribution in [0, 0.1) is 0 Å². The molecule has 0 atom stereocenters. The lowest BCUT2D eigenvalue weighted by Gasteiger charge is -2.18. The third-order valence-electron chi connectivity index (χ3n) is 2.98. The van der Waals surface area contributed by atoms with Gasteiger partial charge in [0, 0.05) is 24.5 Å². The fourth-order valence-electron chi connectivity index (χ4n) is 1.94. The Hall–Kier alpha value is -2.84. The summed E-state index contributed by atoms with van der Waals surface area (Å²) in [5.74, 6) is -4.08. The summed E-state index contributed by atoms with van der Waals surface area (Å²) in [7, 11) is 0. The summed E-state index contributed by atoms with van der Waals surface area (Å²) in [6.45, 7) is 5.14. The van der Waals surface area contributed by atoms with Gasteiger partial charge in [-0.15, -0.1) is 0 Å². The number of aromatic carboxylic acids is 1. The molecule has 9 heteroatoms. The Bertz CT molecular complexity index is 721. The third-order valence-corrected chi connectivity index (χ3v) is 2.98. The molecule has 0 spiro atoms. The van der Waals surface area contributed by atoms with E-state index in [0.717, 1.165) is 6.92 Å². The highest BCUT2D eigenvalue weighted by molar-refractivity contribution is 5.93. The highest BCUT2D eigenvalue weighted by Gasteiger charge is 2.36. The maximum atomic E-state index is 13.2. The second-order valence-corrected chi connectivity index (χ2v) is 5.03. The van der Waals surface area contributed by atoms with Crippen LogP contribution >= 0.6 is 0 Å². The van der Waals surface area contributed by atoms with E-state index in [1.54, 1.807) is 0 Å². The van der Waals surface area contributed by atoms with Crippen LogP contribution in [-0.2, 0) is 26.9 Å². The Balaban J connectivity index is 3.37. The maximum absolute atomic E-state index is 13.2. The molecule has 0 bridgehead atoms. The van der Waals surface area contributed by atoms with Crippen molar-refractivity contribution in [3.05, 3.63) is 41.0 Å². The van der Waals surface area contributed by atoms with Gasteiger partial charge in [-0.05, 0) is 19.1 Å². The van der Waals surface area contributed by atoms with Crippen molar-refractivity contribution in [2.75, 3.05) is 6.61 Å². The van der Waals surface area contributed by atoms with E-state index in [1.807, 2.05) is 0 Å². The molecular weight excluding hydrogens is 345 g/mol. The molecule has 6 nitrogen and oxygen atoms in total. The lowest BCUT2D eigenvalue weighted by molar-refractivity contribution is -0.140. The Morgan fingerprint density at radius 1 is 1.20 bits per heavy atom. The first kappa shape index (κ1) is 20.2. The molecular formula is C16H15F3O6. The maximum Gasteiger partial charge on any atom is 0.416 e. The lowest BCUT2D eigenvalue weighted by Crippen LogP contribution is -2.18. The summed E-state index contributed by atoms with van der Waals surface area (Å²) in [5, 5.41) is 9.11. The number of carboxylic acid groups (broad SMARTS) is 1. The first-order chi connectivity index (χ1) is 11.4. The van der Waals surface area contributed by atoms with E-state index >= 15 is 0 Å². The molecule has 1 aromatic carbocycles. The topological polar surface area (TPSA) is 89.9 Å². The summed E-state index contributed by atoms with van der Waals surface area (Å²) in [6, 6.07) is 1.28. The average molecular weight is 360 g/mol. The van der Waals surface area contributed by atoms with Gasteiger partial charge >= 0.3 is 24.1 Å². The van der Waals surface area contributed by atoms with Crippen molar-refractivity contribution < 1.29 is 42.1 Å². The minimum atomic E-state index is -4.82. The van der Waals surface area contributed by atoms with Crippen LogP contribution in [0.4, 0.5) is 13.2 Å². The van der Waals surface area contributed by atoms with Gasteiger partial charge in [0.25, 0.3) is 0 Å². The van der Waals surface area contributed by atoms with Crippen LogP contribution in [0.1, 0.15) is 35.3 Å². The fraction of sp³-hybridized carbons (Fsp3) is 0.312. The number of halogens is 3. The second kappa shape index (κ2) is 7.82. The SMILES string of the molecule is C=C(C)C(=O)OCCc1c(C(F)(F)F)ccc(C(=O)O)c1OC(C)=O. The van der Waals surface area contributed by atoms with Crippen LogP contribution in [0.15, 0.2) is 24.3 Å². The second-order valence-electron chi connectivity index (χ2n) is 5.03. The van der Waals surface area contributed by atoms with Crippen molar-refractivity contribution in [3.8, 4) is 5.75 Å². The standard InChI is InChI=1S/C16H15F3O6/c1-8(2)15(23)24-7-6-10-12(16(17,18)19)5-4-11(14(21)22)13(10)25-9(3)20/h4-5H,1,6-7H2,2-3H3,(H,21,22). The number of carbonyl (C=O) groups excluding carboxylic acids is 2. The van der Waals surface area contributed by atoms with E-state index in [2.05, 4.69) is 6.58 Å². The van der Waals surface area contributed by atoms with E-state index in [4.69, 9.17) is 14.6 Å². The van der Waals surface area contributed by atoms with E-state index in [-0.39, 0.29) is 5.57 Å². The molecule has 0 saturated heterocycles. The molecule has 25 heavy (non-hydrogen) atoms. The third kappa shape index (κ3) is 5.33. The van der Waals surface area contributed by atoms with E-state index in [9.17, 15) is 27.6 Å². The minimum absolute atomic E-state index is 0.0514. The first-order valence-corrected chi connectivity index (χ1v) is 6.92. The number of carboxylic acids is 1. The highest BCUT2D eigenvalue weighted by Crippen LogP contribution is 2.38.